The lowest BCUT2D eigenvalue weighted by Crippen LogP contribution is -2.35. The summed E-state index contributed by atoms with van der Waals surface area (Å²) in [6, 6.07) is 9.61. The molecule has 24 heavy (non-hydrogen) atoms. The van der Waals surface area contributed by atoms with Crippen LogP contribution in [-0.2, 0) is 17.9 Å². The molecule has 1 N–H and O–H groups in total. The molecule has 7 heteroatoms. The Balaban J connectivity index is 0.00000208. The molecule has 0 radical (unpaired) electrons. The molecule has 3 rings (SSSR count). The zero-order chi connectivity index (χ0) is 16.4. The van der Waals surface area contributed by atoms with E-state index in [1.165, 1.54) is 0 Å². The van der Waals surface area contributed by atoms with E-state index in [0.717, 1.165) is 29.8 Å². The summed E-state index contributed by atoms with van der Waals surface area (Å²) < 4.78 is 1.79. The molecule has 1 aromatic carbocycles. The normalized spacial score (nSPS) is 17.7. The molecule has 1 saturated heterocycles. The minimum atomic E-state index is -0.757. The van der Waals surface area contributed by atoms with Gasteiger partial charge in [0.15, 0.2) is 0 Å². The fourth-order valence-corrected chi connectivity index (χ4v) is 3.42. The Morgan fingerprint density at radius 2 is 2.04 bits per heavy atom. The predicted octanol–water partition coefficient (Wildman–Crippen LogP) is 3.36. The molecule has 2 heterocycles. The third kappa shape index (κ3) is 3.91. The molecule has 1 aliphatic rings. The second-order valence-electron chi connectivity index (χ2n) is 5.96. The smallest absolute Gasteiger partial charge is 0.320 e. The van der Waals surface area contributed by atoms with Gasteiger partial charge in [-0.15, -0.1) is 12.4 Å². The fraction of sp³-hybridized carbons (Fsp3) is 0.412. The highest BCUT2D eigenvalue weighted by atomic mass is 35.5. The van der Waals surface area contributed by atoms with E-state index in [-0.39, 0.29) is 12.4 Å². The lowest BCUT2D eigenvalue weighted by Gasteiger charge is -2.20. The molecule has 1 aliphatic heterocycles. The second-order valence-corrected chi connectivity index (χ2v) is 6.32. The largest absolute Gasteiger partial charge is 0.480 e. The quantitative estimate of drug-likeness (QED) is 0.877. The maximum atomic E-state index is 11.3. The van der Waals surface area contributed by atoms with E-state index < -0.39 is 12.0 Å². The van der Waals surface area contributed by atoms with Crippen LogP contribution in [0.3, 0.4) is 0 Å². The number of carboxylic acids is 1. The number of carbonyl (C=O) groups is 1. The molecule has 0 saturated carbocycles. The first kappa shape index (κ1) is 18.8. The molecule has 1 fully saturated rings. The van der Waals surface area contributed by atoms with Gasteiger partial charge in [0.05, 0.1) is 12.2 Å². The first-order chi connectivity index (χ1) is 11.1. The van der Waals surface area contributed by atoms with Crippen molar-refractivity contribution in [3.63, 3.8) is 0 Å². The van der Waals surface area contributed by atoms with Crippen molar-refractivity contribution in [2.24, 2.45) is 0 Å². The van der Waals surface area contributed by atoms with Gasteiger partial charge in [-0.05, 0) is 31.9 Å². The van der Waals surface area contributed by atoms with Crippen LogP contribution in [0.1, 0.15) is 29.7 Å². The lowest BCUT2D eigenvalue weighted by atomic mass is 10.2. The van der Waals surface area contributed by atoms with Gasteiger partial charge in [-0.2, -0.15) is 5.10 Å². The zero-order valence-electron chi connectivity index (χ0n) is 13.5. The van der Waals surface area contributed by atoms with Crippen LogP contribution < -0.4 is 0 Å². The van der Waals surface area contributed by atoms with E-state index in [0.29, 0.717) is 24.7 Å². The molecule has 130 valence electrons. The van der Waals surface area contributed by atoms with Gasteiger partial charge in [0.2, 0.25) is 0 Å². The molecular weight excluding hydrogens is 349 g/mol. The minimum Gasteiger partial charge on any atom is -0.480 e. The highest BCUT2D eigenvalue weighted by molar-refractivity contribution is 6.30. The van der Waals surface area contributed by atoms with Crippen LogP contribution in [0.2, 0.25) is 5.15 Å². The number of aromatic nitrogens is 2. The summed E-state index contributed by atoms with van der Waals surface area (Å²) in [5.41, 5.74) is 2.92. The third-order valence-corrected chi connectivity index (χ3v) is 4.79. The fourth-order valence-electron chi connectivity index (χ4n) is 3.13. The number of hydrogen-bond donors (Lipinski definition) is 1. The second kappa shape index (κ2) is 8.01. The van der Waals surface area contributed by atoms with E-state index in [4.69, 9.17) is 11.6 Å². The first-order valence-corrected chi connectivity index (χ1v) is 8.16. The van der Waals surface area contributed by atoms with Crippen LogP contribution in [0.15, 0.2) is 30.3 Å². The van der Waals surface area contributed by atoms with Crippen LogP contribution in [0.25, 0.3) is 0 Å². The molecule has 0 unspecified atom stereocenters. The SMILES string of the molecule is Cc1nn(Cc2ccccc2)c(Cl)c1CN1CCC[C@@H]1C(=O)O.Cl. The summed E-state index contributed by atoms with van der Waals surface area (Å²) in [7, 11) is 0. The average molecular weight is 370 g/mol. The highest BCUT2D eigenvalue weighted by Crippen LogP contribution is 2.26. The Hall–Kier alpha value is -1.56. The summed E-state index contributed by atoms with van der Waals surface area (Å²) in [5, 5.41) is 14.4. The van der Waals surface area contributed by atoms with Crippen molar-refractivity contribution >= 4 is 30.0 Å². The number of hydrogen-bond acceptors (Lipinski definition) is 3. The predicted molar refractivity (Wildman–Crippen MR) is 95.8 cm³/mol. The molecule has 5 nitrogen and oxygen atoms in total. The third-order valence-electron chi connectivity index (χ3n) is 4.37. The van der Waals surface area contributed by atoms with Gasteiger partial charge >= 0.3 is 5.97 Å². The van der Waals surface area contributed by atoms with Crippen molar-refractivity contribution in [1.82, 2.24) is 14.7 Å². The van der Waals surface area contributed by atoms with Crippen LogP contribution >= 0.6 is 24.0 Å². The van der Waals surface area contributed by atoms with Crippen molar-refractivity contribution in [1.29, 1.82) is 0 Å². The van der Waals surface area contributed by atoms with Crippen LogP contribution in [0.5, 0.6) is 0 Å². The van der Waals surface area contributed by atoms with E-state index >= 15 is 0 Å². The number of carboxylic acid groups (broad SMARTS) is 1. The molecule has 1 atom stereocenters. The number of rotatable bonds is 5. The number of likely N-dealkylation sites (tertiary alicyclic amines) is 1. The zero-order valence-corrected chi connectivity index (χ0v) is 15.1. The Morgan fingerprint density at radius 1 is 1.33 bits per heavy atom. The number of aliphatic carboxylic acids is 1. The van der Waals surface area contributed by atoms with Gasteiger partial charge in [0, 0.05) is 12.1 Å². The van der Waals surface area contributed by atoms with Gasteiger partial charge in [-0.25, -0.2) is 4.68 Å². The lowest BCUT2D eigenvalue weighted by molar-refractivity contribution is -0.142. The van der Waals surface area contributed by atoms with Gasteiger partial charge in [-0.1, -0.05) is 41.9 Å². The Morgan fingerprint density at radius 3 is 2.71 bits per heavy atom. The molecule has 1 aromatic heterocycles. The van der Waals surface area contributed by atoms with Crippen molar-refractivity contribution in [3.05, 3.63) is 52.3 Å². The standard InChI is InChI=1S/C17H20ClN3O2.ClH/c1-12-14(11-20-9-5-8-15(20)17(22)23)16(18)21(19-12)10-13-6-3-2-4-7-13;/h2-4,6-7,15H,5,8-11H2,1H3,(H,22,23);1H/t15-;/m1./s1. The summed E-state index contributed by atoms with van der Waals surface area (Å²) in [5.74, 6) is -0.757. The summed E-state index contributed by atoms with van der Waals surface area (Å²) in [6.45, 7) is 3.87. The minimum absolute atomic E-state index is 0. The molecule has 0 amide bonds. The van der Waals surface area contributed by atoms with E-state index in [1.807, 2.05) is 42.2 Å². The highest BCUT2D eigenvalue weighted by Gasteiger charge is 2.31. The molecule has 0 bridgehead atoms. The van der Waals surface area contributed by atoms with Crippen LogP contribution in [0.4, 0.5) is 0 Å². The number of nitrogens with zero attached hydrogens (tertiary/aromatic N) is 3. The molecule has 0 spiro atoms. The van der Waals surface area contributed by atoms with E-state index in [1.54, 1.807) is 4.68 Å². The van der Waals surface area contributed by atoms with Crippen LogP contribution in [-0.4, -0.2) is 38.3 Å². The molecule has 0 aliphatic carbocycles. The Labute approximate surface area is 152 Å². The summed E-state index contributed by atoms with van der Waals surface area (Å²) in [4.78, 5) is 13.3. The van der Waals surface area contributed by atoms with Crippen molar-refractivity contribution in [2.45, 2.75) is 38.9 Å². The topological polar surface area (TPSA) is 58.4 Å². The average Bonchev–Trinajstić information content (AvgIpc) is 3.09. The first-order valence-electron chi connectivity index (χ1n) is 7.79. The molecule has 2 aromatic rings. The Kier molecular flexibility index (Phi) is 6.27. The maximum Gasteiger partial charge on any atom is 0.320 e. The van der Waals surface area contributed by atoms with Gasteiger partial charge in [0.1, 0.15) is 11.2 Å². The maximum absolute atomic E-state index is 11.3. The van der Waals surface area contributed by atoms with Gasteiger partial charge in [-0.3, -0.25) is 9.69 Å². The van der Waals surface area contributed by atoms with E-state index in [9.17, 15) is 9.90 Å². The number of benzene rings is 1. The van der Waals surface area contributed by atoms with Crippen molar-refractivity contribution in [2.75, 3.05) is 6.54 Å². The van der Waals surface area contributed by atoms with Crippen molar-refractivity contribution < 1.29 is 9.90 Å². The Bertz CT molecular complexity index is 703. The monoisotopic (exact) mass is 369 g/mol. The van der Waals surface area contributed by atoms with Gasteiger partial charge in [0.25, 0.3) is 0 Å². The van der Waals surface area contributed by atoms with Crippen LogP contribution in [0, 0.1) is 6.92 Å². The molecular formula is C17H21Cl2N3O2. The summed E-state index contributed by atoms with van der Waals surface area (Å²) in [6.07, 6.45) is 1.61. The van der Waals surface area contributed by atoms with Gasteiger partial charge < -0.3 is 5.11 Å². The van der Waals surface area contributed by atoms with E-state index in [2.05, 4.69) is 5.10 Å². The summed E-state index contributed by atoms with van der Waals surface area (Å²) >= 11 is 6.51. The number of halogens is 2. The van der Waals surface area contributed by atoms with Crippen molar-refractivity contribution in [3.8, 4) is 0 Å². The number of aryl methyl sites for hydroxylation is 1.